The molecule has 0 atom stereocenters. The molecule has 3 amide bonds. The Morgan fingerprint density at radius 1 is 1.07 bits per heavy atom. The summed E-state index contributed by atoms with van der Waals surface area (Å²) in [6, 6.07) is 10.8. The summed E-state index contributed by atoms with van der Waals surface area (Å²) in [5.74, 6) is -0.232. The summed E-state index contributed by atoms with van der Waals surface area (Å²) in [6.07, 6.45) is 0. The van der Waals surface area contributed by atoms with E-state index in [4.69, 9.17) is 11.6 Å². The molecule has 1 saturated heterocycles. The van der Waals surface area contributed by atoms with Crippen LogP contribution in [0, 0.1) is 0 Å². The number of thiophene rings is 1. The van der Waals surface area contributed by atoms with E-state index in [0.29, 0.717) is 48.3 Å². The SMILES string of the molecule is CC(=O)NCc1ccc(C(=O)N2CCN(CC(=O)Nc3ccccc3Cl)CC2)s1. The van der Waals surface area contributed by atoms with Crippen LogP contribution in [0.5, 0.6) is 0 Å². The van der Waals surface area contributed by atoms with Crippen molar-refractivity contribution in [3.63, 3.8) is 0 Å². The number of benzene rings is 1. The predicted molar refractivity (Wildman–Crippen MR) is 114 cm³/mol. The maximum atomic E-state index is 12.7. The summed E-state index contributed by atoms with van der Waals surface area (Å²) >= 11 is 7.46. The third kappa shape index (κ3) is 6.03. The topological polar surface area (TPSA) is 81.8 Å². The molecule has 154 valence electrons. The lowest BCUT2D eigenvalue weighted by Crippen LogP contribution is -2.50. The molecule has 1 aromatic carbocycles. The lowest BCUT2D eigenvalue weighted by atomic mass is 10.2. The molecule has 1 fully saturated rings. The maximum Gasteiger partial charge on any atom is 0.264 e. The molecule has 2 heterocycles. The number of carbonyl (C=O) groups is 3. The smallest absolute Gasteiger partial charge is 0.264 e. The first-order valence-corrected chi connectivity index (χ1v) is 10.5. The van der Waals surface area contributed by atoms with Crippen LogP contribution in [0.15, 0.2) is 36.4 Å². The summed E-state index contributed by atoms with van der Waals surface area (Å²) in [5.41, 5.74) is 0.598. The highest BCUT2D eigenvalue weighted by atomic mass is 35.5. The number of anilines is 1. The molecule has 1 aromatic heterocycles. The number of nitrogens with zero attached hydrogens (tertiary/aromatic N) is 2. The monoisotopic (exact) mass is 434 g/mol. The number of hydrogen-bond acceptors (Lipinski definition) is 5. The van der Waals surface area contributed by atoms with Gasteiger partial charge >= 0.3 is 0 Å². The van der Waals surface area contributed by atoms with E-state index in [1.165, 1.54) is 18.3 Å². The minimum absolute atomic E-state index is 0.00996. The molecule has 0 aliphatic carbocycles. The number of amides is 3. The molecule has 7 nitrogen and oxygen atoms in total. The molecular formula is C20H23ClN4O3S. The molecule has 0 bridgehead atoms. The van der Waals surface area contributed by atoms with Crippen LogP contribution in [0.3, 0.4) is 0 Å². The Kier molecular flexibility index (Phi) is 7.24. The average molecular weight is 435 g/mol. The Hall–Kier alpha value is -2.42. The van der Waals surface area contributed by atoms with Crippen molar-refractivity contribution >= 4 is 46.3 Å². The molecule has 2 aromatic rings. The predicted octanol–water partition coefficient (Wildman–Crippen LogP) is 2.43. The van der Waals surface area contributed by atoms with Gasteiger partial charge in [0.25, 0.3) is 5.91 Å². The quantitative estimate of drug-likeness (QED) is 0.731. The van der Waals surface area contributed by atoms with Crippen LogP contribution in [0.25, 0.3) is 0 Å². The standard InChI is InChI=1S/C20H23ClN4O3S/c1-14(26)22-12-15-6-7-18(29-15)20(28)25-10-8-24(9-11-25)13-19(27)23-17-5-3-2-4-16(17)21/h2-7H,8-13H2,1H3,(H,22,26)(H,23,27). The van der Waals surface area contributed by atoms with Crippen molar-refractivity contribution in [2.24, 2.45) is 0 Å². The Labute approximate surface area is 178 Å². The Morgan fingerprint density at radius 2 is 1.79 bits per heavy atom. The van der Waals surface area contributed by atoms with E-state index >= 15 is 0 Å². The first-order valence-electron chi connectivity index (χ1n) is 9.31. The highest BCUT2D eigenvalue weighted by molar-refractivity contribution is 7.14. The molecule has 0 spiro atoms. The van der Waals surface area contributed by atoms with Gasteiger partial charge in [0.1, 0.15) is 0 Å². The van der Waals surface area contributed by atoms with E-state index in [1.807, 2.05) is 23.1 Å². The van der Waals surface area contributed by atoms with E-state index < -0.39 is 0 Å². The van der Waals surface area contributed by atoms with Crippen molar-refractivity contribution in [1.29, 1.82) is 0 Å². The highest BCUT2D eigenvalue weighted by Crippen LogP contribution is 2.21. The van der Waals surface area contributed by atoms with Crippen LogP contribution in [0.1, 0.15) is 21.5 Å². The molecule has 2 N–H and O–H groups in total. The Balaban J connectivity index is 1.46. The van der Waals surface area contributed by atoms with Gasteiger partial charge in [-0.15, -0.1) is 11.3 Å². The summed E-state index contributed by atoms with van der Waals surface area (Å²) < 4.78 is 0. The van der Waals surface area contributed by atoms with Gasteiger partial charge in [-0.25, -0.2) is 0 Å². The summed E-state index contributed by atoms with van der Waals surface area (Å²) in [6.45, 7) is 4.55. The van der Waals surface area contributed by atoms with Crippen molar-refractivity contribution < 1.29 is 14.4 Å². The third-order valence-corrected chi connectivity index (χ3v) is 5.96. The molecule has 3 rings (SSSR count). The second-order valence-electron chi connectivity index (χ2n) is 6.77. The fraction of sp³-hybridized carbons (Fsp3) is 0.350. The maximum absolute atomic E-state index is 12.7. The minimum atomic E-state index is -0.126. The largest absolute Gasteiger partial charge is 0.351 e. The van der Waals surface area contributed by atoms with Crippen LogP contribution in [0.4, 0.5) is 5.69 Å². The fourth-order valence-corrected chi connectivity index (χ4v) is 4.12. The van der Waals surface area contributed by atoms with Gasteiger partial charge in [-0.1, -0.05) is 23.7 Å². The number of rotatable bonds is 6. The Bertz CT molecular complexity index is 893. The molecule has 9 heteroatoms. The van der Waals surface area contributed by atoms with Crippen molar-refractivity contribution in [1.82, 2.24) is 15.1 Å². The van der Waals surface area contributed by atoms with Gasteiger partial charge in [0.2, 0.25) is 11.8 Å². The third-order valence-electron chi connectivity index (χ3n) is 4.56. The first kappa shape index (κ1) is 21.3. The lowest BCUT2D eigenvalue weighted by molar-refractivity contribution is -0.119. The number of hydrogen-bond donors (Lipinski definition) is 2. The average Bonchev–Trinajstić information content (AvgIpc) is 3.17. The van der Waals surface area contributed by atoms with Gasteiger partial charge in [0, 0.05) is 38.0 Å². The lowest BCUT2D eigenvalue weighted by Gasteiger charge is -2.34. The fourth-order valence-electron chi connectivity index (χ4n) is 3.02. The van der Waals surface area contributed by atoms with Crippen LogP contribution >= 0.6 is 22.9 Å². The van der Waals surface area contributed by atoms with Gasteiger partial charge in [-0.05, 0) is 24.3 Å². The van der Waals surface area contributed by atoms with E-state index in [0.717, 1.165) is 4.88 Å². The Morgan fingerprint density at radius 3 is 2.48 bits per heavy atom. The molecule has 0 radical (unpaired) electrons. The summed E-state index contributed by atoms with van der Waals surface area (Å²) in [4.78, 5) is 41.4. The zero-order chi connectivity index (χ0) is 20.8. The van der Waals surface area contributed by atoms with Gasteiger partial charge in [-0.2, -0.15) is 0 Å². The number of piperazine rings is 1. The zero-order valence-corrected chi connectivity index (χ0v) is 17.7. The molecule has 1 aliphatic heterocycles. The number of carbonyl (C=O) groups excluding carboxylic acids is 3. The van der Waals surface area contributed by atoms with E-state index in [9.17, 15) is 14.4 Å². The van der Waals surface area contributed by atoms with Gasteiger partial charge in [-0.3, -0.25) is 19.3 Å². The van der Waals surface area contributed by atoms with Crippen LogP contribution in [0.2, 0.25) is 5.02 Å². The second-order valence-corrected chi connectivity index (χ2v) is 8.35. The summed E-state index contributed by atoms with van der Waals surface area (Å²) in [5, 5.41) is 6.06. The van der Waals surface area contributed by atoms with E-state index in [2.05, 4.69) is 10.6 Å². The van der Waals surface area contributed by atoms with Crippen molar-refractivity contribution in [2.75, 3.05) is 38.0 Å². The highest BCUT2D eigenvalue weighted by Gasteiger charge is 2.24. The molecule has 29 heavy (non-hydrogen) atoms. The van der Waals surface area contributed by atoms with Crippen molar-refractivity contribution in [3.8, 4) is 0 Å². The number of nitrogens with one attached hydrogen (secondary N) is 2. The first-order chi connectivity index (χ1) is 13.9. The normalized spacial score (nSPS) is 14.5. The van der Waals surface area contributed by atoms with Crippen molar-refractivity contribution in [3.05, 3.63) is 51.2 Å². The molecule has 1 aliphatic rings. The van der Waals surface area contributed by atoms with Crippen LogP contribution < -0.4 is 10.6 Å². The minimum Gasteiger partial charge on any atom is -0.351 e. The molecule has 0 saturated carbocycles. The summed E-state index contributed by atoms with van der Waals surface area (Å²) in [7, 11) is 0. The number of halogens is 1. The zero-order valence-electron chi connectivity index (χ0n) is 16.1. The van der Waals surface area contributed by atoms with Crippen LogP contribution in [-0.4, -0.2) is 60.2 Å². The molecule has 0 unspecified atom stereocenters. The van der Waals surface area contributed by atoms with Crippen molar-refractivity contribution in [2.45, 2.75) is 13.5 Å². The molecular weight excluding hydrogens is 412 g/mol. The van der Waals surface area contributed by atoms with Gasteiger partial charge < -0.3 is 15.5 Å². The number of para-hydroxylation sites is 1. The van der Waals surface area contributed by atoms with Gasteiger partial charge in [0.15, 0.2) is 0 Å². The van der Waals surface area contributed by atoms with E-state index in [1.54, 1.807) is 23.1 Å². The van der Waals surface area contributed by atoms with Crippen LogP contribution in [-0.2, 0) is 16.1 Å². The van der Waals surface area contributed by atoms with E-state index in [-0.39, 0.29) is 24.3 Å². The second kappa shape index (κ2) is 9.87. The van der Waals surface area contributed by atoms with Gasteiger partial charge in [0.05, 0.1) is 28.7 Å².